The molecule has 4 rings (SSSR count). The summed E-state index contributed by atoms with van der Waals surface area (Å²) in [4.78, 5) is 22.8. The Labute approximate surface area is 162 Å². The molecule has 0 spiro atoms. The third-order valence-corrected chi connectivity index (χ3v) is 6.24. The minimum Gasteiger partial charge on any atom is -0.340 e. The number of carbonyl (C=O) groups is 1. The first-order valence-corrected chi connectivity index (χ1v) is 10.1. The first-order chi connectivity index (χ1) is 13.1. The Balaban J connectivity index is 1.63. The number of rotatable bonds is 4. The summed E-state index contributed by atoms with van der Waals surface area (Å²) in [7, 11) is 0. The first kappa shape index (κ1) is 17.9. The third kappa shape index (κ3) is 3.51. The van der Waals surface area contributed by atoms with Crippen molar-refractivity contribution in [2.24, 2.45) is 0 Å². The minimum atomic E-state index is -0.559. The van der Waals surface area contributed by atoms with E-state index in [1.54, 1.807) is 6.92 Å². The molecular formula is C20H22N4O2S. The van der Waals surface area contributed by atoms with E-state index in [9.17, 15) is 4.79 Å². The zero-order valence-electron chi connectivity index (χ0n) is 15.5. The summed E-state index contributed by atoms with van der Waals surface area (Å²) in [5.74, 6) is 0.986. The van der Waals surface area contributed by atoms with Crippen molar-refractivity contribution in [1.29, 1.82) is 0 Å². The van der Waals surface area contributed by atoms with Crippen molar-refractivity contribution in [3.63, 3.8) is 0 Å². The van der Waals surface area contributed by atoms with Crippen molar-refractivity contribution in [3.05, 3.63) is 52.6 Å². The second-order valence-electron chi connectivity index (χ2n) is 7.03. The van der Waals surface area contributed by atoms with E-state index in [1.165, 1.54) is 11.3 Å². The Bertz CT molecular complexity index is 942. The van der Waals surface area contributed by atoms with Gasteiger partial charge in [0.1, 0.15) is 15.4 Å². The van der Waals surface area contributed by atoms with Crippen LogP contribution in [0.3, 0.4) is 0 Å². The van der Waals surface area contributed by atoms with Crippen LogP contribution in [0.5, 0.6) is 0 Å². The molecule has 0 saturated heterocycles. The average Bonchev–Trinajstić information content (AvgIpc) is 3.29. The highest BCUT2D eigenvalue weighted by Crippen LogP contribution is 2.37. The lowest BCUT2D eigenvalue weighted by atomic mass is 9.81. The zero-order chi connectivity index (χ0) is 18.9. The quantitative estimate of drug-likeness (QED) is 0.723. The summed E-state index contributed by atoms with van der Waals surface area (Å²) in [6, 6.07) is 9.93. The number of amides is 1. The lowest BCUT2D eigenvalue weighted by Gasteiger charge is -2.35. The molecule has 0 atom stereocenters. The summed E-state index contributed by atoms with van der Waals surface area (Å²) in [5.41, 5.74) is 1.20. The van der Waals surface area contributed by atoms with Gasteiger partial charge in [0, 0.05) is 12.5 Å². The second-order valence-corrected chi connectivity index (χ2v) is 8.03. The van der Waals surface area contributed by atoms with Crippen molar-refractivity contribution in [2.45, 2.75) is 51.5 Å². The van der Waals surface area contributed by atoms with Crippen molar-refractivity contribution in [1.82, 2.24) is 20.4 Å². The van der Waals surface area contributed by atoms with Crippen LogP contribution in [0.2, 0.25) is 0 Å². The predicted molar refractivity (Wildman–Crippen MR) is 104 cm³/mol. The molecule has 1 amide bonds. The van der Waals surface area contributed by atoms with Gasteiger partial charge in [-0.25, -0.2) is 4.98 Å². The van der Waals surface area contributed by atoms with Crippen molar-refractivity contribution in [2.75, 3.05) is 0 Å². The molecule has 6 nitrogen and oxygen atoms in total. The number of nitrogens with zero attached hydrogens (tertiary/aromatic N) is 3. The summed E-state index contributed by atoms with van der Waals surface area (Å²) in [6.07, 6.45) is 4.87. The fourth-order valence-electron chi connectivity index (χ4n) is 3.64. The molecular weight excluding hydrogens is 360 g/mol. The van der Waals surface area contributed by atoms with E-state index in [1.807, 2.05) is 37.3 Å². The first-order valence-electron chi connectivity index (χ1n) is 9.23. The molecule has 1 aliphatic rings. The maximum absolute atomic E-state index is 13.1. The number of benzene rings is 1. The monoisotopic (exact) mass is 382 g/mol. The fourth-order valence-corrected chi connectivity index (χ4v) is 4.61. The molecule has 2 heterocycles. The molecule has 0 aliphatic heterocycles. The summed E-state index contributed by atoms with van der Waals surface area (Å²) in [6.45, 7) is 3.65. The summed E-state index contributed by atoms with van der Waals surface area (Å²) >= 11 is 1.42. The van der Waals surface area contributed by atoms with E-state index in [4.69, 9.17) is 4.52 Å². The summed E-state index contributed by atoms with van der Waals surface area (Å²) in [5, 5.41) is 8.20. The van der Waals surface area contributed by atoms with Gasteiger partial charge in [0.15, 0.2) is 5.82 Å². The van der Waals surface area contributed by atoms with Crippen LogP contribution in [-0.2, 0) is 5.54 Å². The molecule has 0 radical (unpaired) electrons. The van der Waals surface area contributed by atoms with E-state index in [-0.39, 0.29) is 5.91 Å². The molecule has 27 heavy (non-hydrogen) atoms. The number of thiazole rings is 1. The van der Waals surface area contributed by atoms with Gasteiger partial charge in [-0.3, -0.25) is 4.79 Å². The predicted octanol–water partition coefficient (Wildman–Crippen LogP) is 4.40. The van der Waals surface area contributed by atoms with E-state index in [0.717, 1.165) is 48.4 Å². The molecule has 0 bridgehead atoms. The second kappa shape index (κ2) is 7.23. The van der Waals surface area contributed by atoms with Crippen LogP contribution < -0.4 is 5.32 Å². The largest absolute Gasteiger partial charge is 0.340 e. The molecule has 140 valence electrons. The number of nitrogens with one attached hydrogen (secondary N) is 1. The maximum Gasteiger partial charge on any atom is 0.264 e. The normalized spacial score (nSPS) is 16.2. The minimum absolute atomic E-state index is 0.114. The third-order valence-electron chi connectivity index (χ3n) is 5.04. The van der Waals surface area contributed by atoms with Crippen LogP contribution in [0, 0.1) is 13.8 Å². The van der Waals surface area contributed by atoms with Crippen LogP contribution in [0.15, 0.2) is 34.9 Å². The molecule has 1 aliphatic carbocycles. The van der Waals surface area contributed by atoms with E-state index >= 15 is 0 Å². The van der Waals surface area contributed by atoms with Crippen molar-refractivity contribution >= 4 is 17.2 Å². The summed E-state index contributed by atoms with van der Waals surface area (Å²) < 4.78 is 5.19. The number of hydrogen-bond donors (Lipinski definition) is 1. The standard InChI is InChI=1S/C20H22N4O2S/c1-13-16(27-18(21-13)15-9-5-3-6-10-15)17(25)23-20(11-7-4-8-12-20)19-22-14(2)26-24-19/h3,5-6,9-10H,4,7-8,11-12H2,1-2H3,(H,23,25). The van der Waals surface area contributed by atoms with Crippen LogP contribution in [0.1, 0.15) is 59.2 Å². The zero-order valence-corrected chi connectivity index (χ0v) is 16.3. The van der Waals surface area contributed by atoms with Crippen molar-refractivity contribution in [3.8, 4) is 10.6 Å². The molecule has 1 saturated carbocycles. The molecule has 0 unspecified atom stereocenters. The molecule has 2 aromatic heterocycles. The Kier molecular flexibility index (Phi) is 4.78. The van der Waals surface area contributed by atoms with Gasteiger partial charge in [0.2, 0.25) is 5.89 Å². The Hall–Kier alpha value is -2.54. The van der Waals surface area contributed by atoms with E-state index < -0.39 is 5.54 Å². The highest BCUT2D eigenvalue weighted by molar-refractivity contribution is 7.17. The van der Waals surface area contributed by atoms with Gasteiger partial charge in [0.05, 0.1) is 5.69 Å². The maximum atomic E-state index is 13.1. The van der Waals surface area contributed by atoms with Gasteiger partial charge in [-0.2, -0.15) is 4.98 Å². The average molecular weight is 382 g/mol. The number of hydrogen-bond acceptors (Lipinski definition) is 6. The van der Waals surface area contributed by atoms with Gasteiger partial charge in [-0.05, 0) is 19.8 Å². The number of carbonyl (C=O) groups excluding carboxylic acids is 1. The van der Waals surface area contributed by atoms with Crippen LogP contribution in [0.25, 0.3) is 10.6 Å². The van der Waals surface area contributed by atoms with Gasteiger partial charge < -0.3 is 9.84 Å². The number of aryl methyl sites for hydroxylation is 2. The molecule has 7 heteroatoms. The van der Waals surface area contributed by atoms with Gasteiger partial charge in [-0.1, -0.05) is 54.8 Å². The lowest BCUT2D eigenvalue weighted by Crippen LogP contribution is -2.48. The Morgan fingerprint density at radius 3 is 2.52 bits per heavy atom. The fraction of sp³-hybridized carbons (Fsp3) is 0.400. The van der Waals surface area contributed by atoms with Crippen LogP contribution >= 0.6 is 11.3 Å². The van der Waals surface area contributed by atoms with E-state index in [2.05, 4.69) is 20.4 Å². The highest BCUT2D eigenvalue weighted by Gasteiger charge is 2.40. The molecule has 3 aromatic rings. The smallest absolute Gasteiger partial charge is 0.264 e. The van der Waals surface area contributed by atoms with E-state index in [0.29, 0.717) is 16.6 Å². The molecule has 1 aromatic carbocycles. The highest BCUT2D eigenvalue weighted by atomic mass is 32.1. The van der Waals surface area contributed by atoms with Gasteiger partial charge in [-0.15, -0.1) is 11.3 Å². The lowest BCUT2D eigenvalue weighted by molar-refractivity contribution is 0.0859. The molecule has 1 N–H and O–H groups in total. The van der Waals surface area contributed by atoms with Crippen LogP contribution in [-0.4, -0.2) is 21.0 Å². The Morgan fingerprint density at radius 2 is 1.85 bits per heavy atom. The topological polar surface area (TPSA) is 80.9 Å². The van der Waals surface area contributed by atoms with Crippen LogP contribution in [0.4, 0.5) is 0 Å². The molecule has 1 fully saturated rings. The number of aromatic nitrogens is 3. The van der Waals surface area contributed by atoms with Crippen molar-refractivity contribution < 1.29 is 9.32 Å². The SMILES string of the molecule is Cc1nc(C2(NC(=O)c3sc(-c4ccccc4)nc3C)CCCCC2)no1. The van der Waals surface area contributed by atoms with Gasteiger partial charge >= 0.3 is 0 Å². The van der Waals surface area contributed by atoms with Gasteiger partial charge in [0.25, 0.3) is 5.91 Å². The Morgan fingerprint density at radius 1 is 1.11 bits per heavy atom.